The van der Waals surface area contributed by atoms with Crippen LogP contribution in [0.4, 0.5) is 0 Å². The summed E-state index contributed by atoms with van der Waals surface area (Å²) in [7, 11) is -3.34. The fraction of sp³-hybridized carbons (Fsp3) is 0.778. The molecule has 0 amide bonds. The van der Waals surface area contributed by atoms with Crippen LogP contribution in [0, 0.1) is 5.92 Å². The lowest BCUT2D eigenvalue weighted by Gasteiger charge is -2.18. The van der Waals surface area contributed by atoms with Crippen LogP contribution < -0.4 is 0 Å². The second-order valence-electron chi connectivity index (χ2n) is 3.31. The van der Waals surface area contributed by atoms with Crippen molar-refractivity contribution in [3.8, 4) is 0 Å². The van der Waals surface area contributed by atoms with E-state index in [9.17, 15) is 8.42 Å². The van der Waals surface area contributed by atoms with Gasteiger partial charge in [0.15, 0.2) is 0 Å². The molecular weight excluding hydrogens is 204 g/mol. The van der Waals surface area contributed by atoms with Gasteiger partial charge in [-0.2, -0.15) is 8.42 Å². The molecule has 14 heavy (non-hydrogen) atoms. The maximum absolute atomic E-state index is 10.8. The molecule has 0 saturated carbocycles. The smallest absolute Gasteiger partial charge is 0.264 e. The van der Waals surface area contributed by atoms with Gasteiger partial charge in [0.25, 0.3) is 10.1 Å². The van der Waals surface area contributed by atoms with Gasteiger partial charge in [-0.25, -0.2) is 0 Å². The normalized spacial score (nSPS) is 27.0. The maximum atomic E-state index is 10.8. The molecular formula is C9H16O4S. The molecule has 4 nitrogen and oxygen atoms in total. The first kappa shape index (κ1) is 11.7. The summed E-state index contributed by atoms with van der Waals surface area (Å²) in [6.45, 7) is 2.74. The van der Waals surface area contributed by atoms with E-state index in [1.165, 1.54) is 0 Å². The second-order valence-corrected chi connectivity index (χ2v) is 4.95. The lowest BCUT2D eigenvalue weighted by Crippen LogP contribution is -2.24. The van der Waals surface area contributed by atoms with Crippen molar-refractivity contribution in [3.63, 3.8) is 0 Å². The van der Waals surface area contributed by atoms with E-state index in [4.69, 9.17) is 8.92 Å². The number of hydrogen-bond donors (Lipinski definition) is 0. The molecule has 0 aromatic heterocycles. The summed E-state index contributed by atoms with van der Waals surface area (Å²) in [5, 5.41) is 0. The quantitative estimate of drug-likeness (QED) is 0.511. The van der Waals surface area contributed by atoms with Gasteiger partial charge >= 0.3 is 0 Å². The monoisotopic (exact) mass is 220 g/mol. The van der Waals surface area contributed by atoms with Crippen molar-refractivity contribution in [1.29, 1.82) is 0 Å². The minimum absolute atomic E-state index is 0.0599. The Morgan fingerprint density at radius 3 is 2.79 bits per heavy atom. The highest BCUT2D eigenvalue weighted by molar-refractivity contribution is 7.85. The van der Waals surface area contributed by atoms with Crippen LogP contribution in [0.1, 0.15) is 13.3 Å². The summed E-state index contributed by atoms with van der Waals surface area (Å²) in [5.41, 5.74) is 0. The van der Waals surface area contributed by atoms with E-state index >= 15 is 0 Å². The van der Waals surface area contributed by atoms with Crippen molar-refractivity contribution in [2.24, 2.45) is 5.92 Å². The van der Waals surface area contributed by atoms with E-state index in [0.29, 0.717) is 6.61 Å². The average molecular weight is 220 g/mol. The summed E-state index contributed by atoms with van der Waals surface area (Å²) in [6, 6.07) is 0. The molecule has 0 bridgehead atoms. The van der Waals surface area contributed by atoms with Crippen molar-refractivity contribution < 1.29 is 17.3 Å². The van der Waals surface area contributed by atoms with Gasteiger partial charge in [-0.3, -0.25) is 4.18 Å². The van der Waals surface area contributed by atoms with Crippen LogP contribution in [0.15, 0.2) is 12.2 Å². The van der Waals surface area contributed by atoms with Crippen LogP contribution in [-0.4, -0.2) is 34.0 Å². The molecule has 0 N–H and O–H groups in total. The van der Waals surface area contributed by atoms with Crippen molar-refractivity contribution >= 4 is 10.1 Å². The van der Waals surface area contributed by atoms with Gasteiger partial charge in [0, 0.05) is 12.5 Å². The summed E-state index contributed by atoms with van der Waals surface area (Å²) >= 11 is 0. The van der Waals surface area contributed by atoms with E-state index in [2.05, 4.69) is 0 Å². The molecule has 82 valence electrons. The van der Waals surface area contributed by atoms with E-state index in [-0.39, 0.29) is 18.6 Å². The number of rotatable bonds is 5. The molecule has 0 fully saturated rings. The molecule has 2 atom stereocenters. The Kier molecular flexibility index (Phi) is 4.10. The summed E-state index contributed by atoms with van der Waals surface area (Å²) in [6.07, 6.45) is 5.91. The Labute approximate surface area is 85.0 Å². The fourth-order valence-electron chi connectivity index (χ4n) is 1.46. The zero-order valence-corrected chi connectivity index (χ0v) is 9.29. The van der Waals surface area contributed by atoms with Gasteiger partial charge in [-0.05, 0) is 13.3 Å². The van der Waals surface area contributed by atoms with Gasteiger partial charge in [0.1, 0.15) is 0 Å². The summed E-state index contributed by atoms with van der Waals surface area (Å²) < 4.78 is 31.7. The highest BCUT2D eigenvalue weighted by Crippen LogP contribution is 2.22. The van der Waals surface area contributed by atoms with Crippen LogP contribution >= 0.6 is 0 Å². The largest absolute Gasteiger partial charge is 0.377 e. The molecule has 1 aliphatic carbocycles. The third-order valence-electron chi connectivity index (χ3n) is 2.08. The van der Waals surface area contributed by atoms with Crippen molar-refractivity contribution in [2.45, 2.75) is 19.4 Å². The minimum Gasteiger partial charge on any atom is -0.377 e. The lowest BCUT2D eigenvalue weighted by molar-refractivity contribution is 0.0301. The topological polar surface area (TPSA) is 52.6 Å². The van der Waals surface area contributed by atoms with Crippen molar-refractivity contribution in [3.05, 3.63) is 12.2 Å². The highest BCUT2D eigenvalue weighted by atomic mass is 32.2. The molecule has 1 rings (SSSR count). The minimum atomic E-state index is -3.34. The Bertz CT molecular complexity index is 294. The molecule has 5 heteroatoms. The molecule has 1 aliphatic rings. The van der Waals surface area contributed by atoms with Gasteiger partial charge in [-0.1, -0.05) is 12.2 Å². The first-order valence-electron chi connectivity index (χ1n) is 4.65. The average Bonchev–Trinajstić information content (AvgIpc) is 2.48. The third-order valence-corrected chi connectivity index (χ3v) is 2.65. The maximum Gasteiger partial charge on any atom is 0.264 e. The van der Waals surface area contributed by atoms with E-state index in [1.54, 1.807) is 0 Å². The molecule has 0 aromatic rings. The Hall–Kier alpha value is -0.390. The van der Waals surface area contributed by atoms with Gasteiger partial charge in [0.05, 0.1) is 19.0 Å². The molecule has 0 spiro atoms. The summed E-state index contributed by atoms with van der Waals surface area (Å²) in [5.74, 6) is 0.0599. The van der Waals surface area contributed by atoms with Crippen molar-refractivity contribution in [2.75, 3.05) is 19.5 Å². The van der Waals surface area contributed by atoms with E-state index in [0.717, 1.165) is 12.7 Å². The van der Waals surface area contributed by atoms with E-state index in [1.807, 2.05) is 19.1 Å². The standard InChI is InChI=1S/C9H16O4S/c1-3-12-9-6-4-5-8(9)7-13-14(2,10)11/h4-5,8-9H,3,6-7H2,1-2H3/t8-,9-/m0/s1. The fourth-order valence-corrected chi connectivity index (χ4v) is 1.86. The van der Waals surface area contributed by atoms with Gasteiger partial charge in [-0.15, -0.1) is 0 Å². The second kappa shape index (κ2) is 4.91. The molecule has 0 radical (unpaired) electrons. The zero-order chi connectivity index (χ0) is 10.6. The van der Waals surface area contributed by atoms with Crippen LogP contribution in [0.3, 0.4) is 0 Å². The Morgan fingerprint density at radius 2 is 2.21 bits per heavy atom. The first-order chi connectivity index (χ1) is 6.53. The Morgan fingerprint density at radius 1 is 1.50 bits per heavy atom. The predicted molar refractivity (Wildman–Crippen MR) is 53.5 cm³/mol. The number of hydrogen-bond acceptors (Lipinski definition) is 4. The molecule has 0 heterocycles. The van der Waals surface area contributed by atoms with Crippen LogP contribution in [-0.2, 0) is 19.0 Å². The molecule has 0 saturated heterocycles. The van der Waals surface area contributed by atoms with Crippen molar-refractivity contribution in [1.82, 2.24) is 0 Å². The molecule has 0 aromatic carbocycles. The Balaban J connectivity index is 2.39. The summed E-state index contributed by atoms with van der Waals surface area (Å²) in [4.78, 5) is 0. The highest BCUT2D eigenvalue weighted by Gasteiger charge is 2.24. The van der Waals surface area contributed by atoms with Gasteiger partial charge < -0.3 is 4.74 Å². The van der Waals surface area contributed by atoms with Crippen LogP contribution in [0.2, 0.25) is 0 Å². The van der Waals surface area contributed by atoms with E-state index < -0.39 is 10.1 Å². The number of ether oxygens (including phenoxy) is 1. The van der Waals surface area contributed by atoms with Crippen LogP contribution in [0.25, 0.3) is 0 Å². The van der Waals surface area contributed by atoms with Crippen LogP contribution in [0.5, 0.6) is 0 Å². The molecule has 0 unspecified atom stereocenters. The molecule has 0 aliphatic heterocycles. The third kappa shape index (κ3) is 3.77. The zero-order valence-electron chi connectivity index (χ0n) is 8.47. The van der Waals surface area contributed by atoms with Gasteiger partial charge in [0.2, 0.25) is 0 Å². The SMILES string of the molecule is CCO[C@H]1CC=C[C@H]1COS(C)(=O)=O. The lowest BCUT2D eigenvalue weighted by atomic mass is 10.1. The predicted octanol–water partition coefficient (Wildman–Crippen LogP) is 0.944. The first-order valence-corrected chi connectivity index (χ1v) is 6.47.